The quantitative estimate of drug-likeness (QED) is 0.863. The first kappa shape index (κ1) is 11.1. The minimum Gasteiger partial charge on any atom is -0.354 e. The van der Waals surface area contributed by atoms with Crippen LogP contribution in [0, 0.1) is 0 Å². The standard InChI is InChI=1S/C10H15N5S/c1-3-8-6-16-10(13-8)11-5-9-14-12-7-15(9)4-2/h6-7H,3-5H2,1-2H3,(H,11,13). The summed E-state index contributed by atoms with van der Waals surface area (Å²) in [4.78, 5) is 4.43. The maximum atomic E-state index is 4.43. The van der Waals surface area contributed by atoms with Crippen molar-refractivity contribution in [1.29, 1.82) is 0 Å². The van der Waals surface area contributed by atoms with Crippen molar-refractivity contribution in [3.05, 3.63) is 23.2 Å². The summed E-state index contributed by atoms with van der Waals surface area (Å²) >= 11 is 1.63. The second-order valence-electron chi connectivity index (χ2n) is 3.38. The maximum absolute atomic E-state index is 4.43. The molecule has 0 spiro atoms. The molecule has 0 saturated carbocycles. The lowest BCUT2D eigenvalue weighted by molar-refractivity contribution is 0.707. The van der Waals surface area contributed by atoms with E-state index in [1.54, 1.807) is 17.7 Å². The number of hydrogen-bond donors (Lipinski definition) is 1. The number of thiazole rings is 1. The van der Waals surface area contributed by atoms with Gasteiger partial charge in [0.25, 0.3) is 0 Å². The van der Waals surface area contributed by atoms with E-state index in [1.807, 2.05) is 4.57 Å². The Morgan fingerprint density at radius 2 is 2.31 bits per heavy atom. The van der Waals surface area contributed by atoms with Gasteiger partial charge in [0, 0.05) is 11.9 Å². The normalized spacial score (nSPS) is 10.6. The van der Waals surface area contributed by atoms with Gasteiger partial charge in [-0.1, -0.05) is 6.92 Å². The first-order valence-corrected chi connectivity index (χ1v) is 6.26. The van der Waals surface area contributed by atoms with Crippen LogP contribution in [0.5, 0.6) is 0 Å². The minimum atomic E-state index is 0.671. The topological polar surface area (TPSA) is 55.6 Å². The first-order valence-electron chi connectivity index (χ1n) is 5.38. The lowest BCUT2D eigenvalue weighted by Gasteiger charge is -2.03. The molecule has 0 fully saturated rings. The van der Waals surface area contributed by atoms with Gasteiger partial charge in [0.1, 0.15) is 6.33 Å². The summed E-state index contributed by atoms with van der Waals surface area (Å²) in [5.41, 5.74) is 1.13. The van der Waals surface area contributed by atoms with E-state index in [0.717, 1.165) is 29.6 Å². The average Bonchev–Trinajstić information content (AvgIpc) is 2.94. The van der Waals surface area contributed by atoms with Gasteiger partial charge in [-0.15, -0.1) is 21.5 Å². The fraction of sp³-hybridized carbons (Fsp3) is 0.500. The molecule has 0 aliphatic heterocycles. The molecule has 16 heavy (non-hydrogen) atoms. The summed E-state index contributed by atoms with van der Waals surface area (Å²) < 4.78 is 2.02. The van der Waals surface area contributed by atoms with Crippen LogP contribution in [0.15, 0.2) is 11.7 Å². The van der Waals surface area contributed by atoms with Crippen molar-refractivity contribution in [3.63, 3.8) is 0 Å². The highest BCUT2D eigenvalue weighted by Gasteiger charge is 2.04. The van der Waals surface area contributed by atoms with E-state index in [9.17, 15) is 0 Å². The number of nitrogens with one attached hydrogen (secondary N) is 1. The Balaban J connectivity index is 1.96. The third-order valence-electron chi connectivity index (χ3n) is 2.35. The van der Waals surface area contributed by atoms with Crippen LogP contribution in [0.1, 0.15) is 25.4 Å². The zero-order valence-corrected chi connectivity index (χ0v) is 10.3. The third-order valence-corrected chi connectivity index (χ3v) is 3.20. The first-order chi connectivity index (χ1) is 7.83. The zero-order valence-electron chi connectivity index (χ0n) is 9.47. The number of rotatable bonds is 5. The molecule has 0 aliphatic carbocycles. The Kier molecular flexibility index (Phi) is 3.51. The Morgan fingerprint density at radius 3 is 3.00 bits per heavy atom. The van der Waals surface area contributed by atoms with Crippen molar-refractivity contribution >= 4 is 16.5 Å². The molecular formula is C10H15N5S. The Labute approximate surface area is 98.5 Å². The fourth-order valence-electron chi connectivity index (χ4n) is 1.39. The Morgan fingerprint density at radius 1 is 1.44 bits per heavy atom. The molecule has 0 bridgehead atoms. The van der Waals surface area contributed by atoms with Crippen molar-refractivity contribution in [2.24, 2.45) is 0 Å². The van der Waals surface area contributed by atoms with E-state index >= 15 is 0 Å². The second-order valence-corrected chi connectivity index (χ2v) is 4.24. The molecular weight excluding hydrogens is 222 g/mol. The molecule has 0 amide bonds. The molecule has 2 aromatic heterocycles. The van der Waals surface area contributed by atoms with Crippen LogP contribution in [0.4, 0.5) is 5.13 Å². The summed E-state index contributed by atoms with van der Waals surface area (Å²) in [5.74, 6) is 0.941. The molecule has 0 aliphatic rings. The van der Waals surface area contributed by atoms with Gasteiger partial charge in [-0.25, -0.2) is 4.98 Å². The van der Waals surface area contributed by atoms with E-state index in [-0.39, 0.29) is 0 Å². The third kappa shape index (κ3) is 2.38. The van der Waals surface area contributed by atoms with Gasteiger partial charge in [-0.05, 0) is 13.3 Å². The van der Waals surface area contributed by atoms with E-state index in [0.29, 0.717) is 6.54 Å². The number of aryl methyl sites for hydroxylation is 2. The second kappa shape index (κ2) is 5.07. The van der Waals surface area contributed by atoms with Gasteiger partial charge in [-0.3, -0.25) is 0 Å². The zero-order chi connectivity index (χ0) is 11.4. The van der Waals surface area contributed by atoms with Crippen molar-refractivity contribution in [3.8, 4) is 0 Å². The van der Waals surface area contributed by atoms with Crippen LogP contribution < -0.4 is 5.32 Å². The molecule has 0 atom stereocenters. The monoisotopic (exact) mass is 237 g/mol. The Bertz CT molecular complexity index is 448. The molecule has 86 valence electrons. The van der Waals surface area contributed by atoms with E-state index < -0.39 is 0 Å². The molecule has 2 rings (SSSR count). The van der Waals surface area contributed by atoms with Crippen LogP contribution in [-0.4, -0.2) is 19.7 Å². The molecule has 1 N–H and O–H groups in total. The van der Waals surface area contributed by atoms with Crippen molar-refractivity contribution in [2.45, 2.75) is 33.4 Å². The number of hydrogen-bond acceptors (Lipinski definition) is 5. The average molecular weight is 237 g/mol. The predicted molar refractivity (Wildman–Crippen MR) is 64.5 cm³/mol. The SMILES string of the molecule is CCc1csc(NCc2nncn2CC)n1. The van der Waals surface area contributed by atoms with Crippen LogP contribution in [-0.2, 0) is 19.5 Å². The van der Waals surface area contributed by atoms with Crippen LogP contribution in [0.2, 0.25) is 0 Å². The Hall–Kier alpha value is -1.43. The van der Waals surface area contributed by atoms with Crippen LogP contribution in [0.25, 0.3) is 0 Å². The largest absolute Gasteiger partial charge is 0.354 e. The lowest BCUT2D eigenvalue weighted by Crippen LogP contribution is -2.07. The molecule has 5 nitrogen and oxygen atoms in total. The smallest absolute Gasteiger partial charge is 0.183 e. The summed E-state index contributed by atoms with van der Waals surface area (Å²) in [6.45, 7) is 5.74. The predicted octanol–water partition coefficient (Wildman–Crippen LogP) is 1.93. The van der Waals surface area contributed by atoms with Gasteiger partial charge in [0.05, 0.1) is 12.2 Å². The maximum Gasteiger partial charge on any atom is 0.183 e. The number of aromatic nitrogens is 4. The van der Waals surface area contributed by atoms with Gasteiger partial charge >= 0.3 is 0 Å². The molecule has 0 aromatic carbocycles. The summed E-state index contributed by atoms with van der Waals surface area (Å²) in [6.07, 6.45) is 2.72. The van der Waals surface area contributed by atoms with Crippen LogP contribution >= 0.6 is 11.3 Å². The minimum absolute atomic E-state index is 0.671. The molecule has 0 radical (unpaired) electrons. The highest BCUT2D eigenvalue weighted by Crippen LogP contribution is 2.16. The van der Waals surface area contributed by atoms with Crippen molar-refractivity contribution < 1.29 is 0 Å². The van der Waals surface area contributed by atoms with E-state index in [2.05, 4.69) is 39.7 Å². The van der Waals surface area contributed by atoms with Crippen molar-refractivity contribution in [2.75, 3.05) is 5.32 Å². The van der Waals surface area contributed by atoms with Gasteiger partial charge in [0.2, 0.25) is 0 Å². The summed E-state index contributed by atoms with van der Waals surface area (Å²) in [7, 11) is 0. The molecule has 6 heteroatoms. The van der Waals surface area contributed by atoms with Gasteiger partial charge in [0.15, 0.2) is 11.0 Å². The number of anilines is 1. The number of nitrogens with zero attached hydrogens (tertiary/aromatic N) is 4. The highest BCUT2D eigenvalue weighted by atomic mass is 32.1. The van der Waals surface area contributed by atoms with E-state index in [4.69, 9.17) is 0 Å². The fourth-order valence-corrected chi connectivity index (χ4v) is 2.18. The molecule has 2 aromatic rings. The van der Waals surface area contributed by atoms with Crippen molar-refractivity contribution in [1.82, 2.24) is 19.7 Å². The summed E-state index contributed by atoms with van der Waals surface area (Å²) in [6, 6.07) is 0. The molecule has 0 unspecified atom stereocenters. The van der Waals surface area contributed by atoms with Gasteiger partial charge in [-0.2, -0.15) is 0 Å². The molecule has 2 heterocycles. The molecule has 0 saturated heterocycles. The lowest BCUT2D eigenvalue weighted by atomic mass is 10.4. The van der Waals surface area contributed by atoms with E-state index in [1.165, 1.54) is 0 Å². The highest BCUT2D eigenvalue weighted by molar-refractivity contribution is 7.13. The van der Waals surface area contributed by atoms with Gasteiger partial charge < -0.3 is 9.88 Å². The van der Waals surface area contributed by atoms with Crippen LogP contribution in [0.3, 0.4) is 0 Å². The summed E-state index contributed by atoms with van der Waals surface area (Å²) in [5, 5.41) is 14.2.